The van der Waals surface area contributed by atoms with E-state index in [1.54, 1.807) is 0 Å². The molecule has 1 atom stereocenters. The summed E-state index contributed by atoms with van der Waals surface area (Å²) in [6.45, 7) is 7.16. The molecule has 3 nitrogen and oxygen atoms in total. The van der Waals surface area contributed by atoms with E-state index in [0.29, 0.717) is 13.2 Å². The molecule has 0 amide bonds. The van der Waals surface area contributed by atoms with Crippen molar-refractivity contribution in [1.29, 1.82) is 0 Å². The predicted octanol–water partition coefficient (Wildman–Crippen LogP) is 3.78. The summed E-state index contributed by atoms with van der Waals surface area (Å²) in [6, 6.07) is 13.8. The molecule has 2 N–H and O–H groups in total. The zero-order chi connectivity index (χ0) is 15.2. The Morgan fingerprint density at radius 3 is 2.29 bits per heavy atom. The highest BCUT2D eigenvalue weighted by molar-refractivity contribution is 5.39. The molecule has 0 aromatic heterocycles. The lowest BCUT2D eigenvalue weighted by Gasteiger charge is -2.17. The largest absolute Gasteiger partial charge is 0.490 e. The fourth-order valence-electron chi connectivity index (χ4n) is 2.36. The van der Waals surface area contributed by atoms with E-state index >= 15 is 0 Å². The second-order valence-corrected chi connectivity index (χ2v) is 5.16. The van der Waals surface area contributed by atoms with Crippen LogP contribution in [0.15, 0.2) is 42.5 Å². The highest BCUT2D eigenvalue weighted by Crippen LogP contribution is 2.27. The maximum absolute atomic E-state index is 6.25. The molecule has 0 aliphatic rings. The normalized spacial score (nSPS) is 12.0. The smallest absolute Gasteiger partial charge is 0.161 e. The topological polar surface area (TPSA) is 44.5 Å². The van der Waals surface area contributed by atoms with Gasteiger partial charge in [-0.05, 0) is 44.0 Å². The third-order valence-electron chi connectivity index (χ3n) is 3.39. The van der Waals surface area contributed by atoms with Crippen LogP contribution in [0.1, 0.15) is 29.7 Å². The molecule has 2 rings (SSSR count). The number of benzene rings is 2. The van der Waals surface area contributed by atoms with Crippen LogP contribution in [0.2, 0.25) is 0 Å². The zero-order valence-electron chi connectivity index (χ0n) is 12.9. The van der Waals surface area contributed by atoms with Crippen LogP contribution in [0.25, 0.3) is 0 Å². The number of hydrogen-bond donors (Lipinski definition) is 1. The van der Waals surface area contributed by atoms with E-state index in [1.165, 1.54) is 11.1 Å². The molecular weight excluding hydrogens is 262 g/mol. The van der Waals surface area contributed by atoms with Crippen LogP contribution >= 0.6 is 0 Å². The van der Waals surface area contributed by atoms with E-state index in [2.05, 4.69) is 32.0 Å². The molecule has 21 heavy (non-hydrogen) atoms. The molecule has 0 saturated carbocycles. The Balaban J connectivity index is 2.05. The lowest BCUT2D eigenvalue weighted by molar-refractivity contribution is 0.261. The molecule has 3 heteroatoms. The number of para-hydroxylation sites is 2. The van der Waals surface area contributed by atoms with E-state index in [4.69, 9.17) is 15.2 Å². The van der Waals surface area contributed by atoms with Crippen molar-refractivity contribution in [2.45, 2.75) is 26.8 Å². The summed E-state index contributed by atoms with van der Waals surface area (Å²) in [4.78, 5) is 0. The zero-order valence-corrected chi connectivity index (χ0v) is 12.9. The Morgan fingerprint density at radius 1 is 1.00 bits per heavy atom. The van der Waals surface area contributed by atoms with Crippen LogP contribution in [-0.4, -0.2) is 13.2 Å². The maximum Gasteiger partial charge on any atom is 0.161 e. The molecule has 0 fully saturated rings. The Bertz CT molecular complexity index is 596. The quantitative estimate of drug-likeness (QED) is 0.878. The maximum atomic E-state index is 6.25. The van der Waals surface area contributed by atoms with Gasteiger partial charge in [0.25, 0.3) is 0 Å². The molecule has 1 unspecified atom stereocenters. The van der Waals surface area contributed by atoms with Gasteiger partial charge in [-0.2, -0.15) is 0 Å². The van der Waals surface area contributed by atoms with Gasteiger partial charge < -0.3 is 15.2 Å². The van der Waals surface area contributed by atoms with Crippen LogP contribution in [0.4, 0.5) is 0 Å². The van der Waals surface area contributed by atoms with Crippen LogP contribution < -0.4 is 15.2 Å². The number of nitrogens with two attached hydrogens (primary N) is 1. The Labute approximate surface area is 126 Å². The van der Waals surface area contributed by atoms with E-state index < -0.39 is 0 Å². The van der Waals surface area contributed by atoms with Gasteiger partial charge >= 0.3 is 0 Å². The van der Waals surface area contributed by atoms with Gasteiger partial charge in [0.05, 0.1) is 12.6 Å². The van der Waals surface area contributed by atoms with Gasteiger partial charge in [0.1, 0.15) is 6.61 Å². The molecule has 0 bridgehead atoms. The number of ether oxygens (including phenoxy) is 2. The van der Waals surface area contributed by atoms with Gasteiger partial charge in [-0.1, -0.05) is 35.9 Å². The van der Waals surface area contributed by atoms with Crippen molar-refractivity contribution < 1.29 is 9.47 Å². The molecule has 112 valence electrons. The summed E-state index contributed by atoms with van der Waals surface area (Å²) < 4.78 is 11.4. The molecule has 0 saturated heterocycles. The average molecular weight is 285 g/mol. The highest BCUT2D eigenvalue weighted by Gasteiger charge is 2.11. The average Bonchev–Trinajstić information content (AvgIpc) is 2.46. The first kappa shape index (κ1) is 15.4. The summed E-state index contributed by atoms with van der Waals surface area (Å²) in [5, 5.41) is 0. The second-order valence-electron chi connectivity index (χ2n) is 5.16. The molecule has 2 aromatic carbocycles. The van der Waals surface area contributed by atoms with Crippen molar-refractivity contribution in [1.82, 2.24) is 0 Å². The van der Waals surface area contributed by atoms with Crippen LogP contribution in [0, 0.1) is 13.8 Å². The van der Waals surface area contributed by atoms with Crippen molar-refractivity contribution in [2.24, 2.45) is 5.73 Å². The van der Waals surface area contributed by atoms with Crippen molar-refractivity contribution >= 4 is 0 Å². The van der Waals surface area contributed by atoms with Crippen LogP contribution in [-0.2, 0) is 0 Å². The minimum absolute atomic E-state index is 0.153. The van der Waals surface area contributed by atoms with Gasteiger partial charge in [0.2, 0.25) is 0 Å². The third-order valence-corrected chi connectivity index (χ3v) is 3.39. The van der Waals surface area contributed by atoms with E-state index in [0.717, 1.165) is 17.1 Å². The molecule has 0 aliphatic carbocycles. The van der Waals surface area contributed by atoms with Gasteiger partial charge in [-0.15, -0.1) is 0 Å². The van der Waals surface area contributed by atoms with Crippen molar-refractivity contribution in [3.63, 3.8) is 0 Å². The predicted molar refractivity (Wildman–Crippen MR) is 86.0 cm³/mol. The van der Waals surface area contributed by atoms with Crippen LogP contribution in [0.3, 0.4) is 0 Å². The second kappa shape index (κ2) is 7.14. The summed E-state index contributed by atoms with van der Waals surface area (Å²) in [5.74, 6) is 1.49. The molecule has 2 aromatic rings. The Kier molecular flexibility index (Phi) is 5.23. The molecule has 0 aliphatic heterocycles. The third kappa shape index (κ3) is 3.99. The highest BCUT2D eigenvalue weighted by atomic mass is 16.5. The summed E-state index contributed by atoms with van der Waals surface area (Å²) in [7, 11) is 0. The molecule has 0 spiro atoms. The molecule has 0 heterocycles. The number of aryl methyl sites for hydroxylation is 2. The number of rotatable bonds is 6. The van der Waals surface area contributed by atoms with Crippen LogP contribution in [0.5, 0.6) is 11.5 Å². The first-order valence-electron chi connectivity index (χ1n) is 7.29. The fraction of sp³-hybridized carbons (Fsp3) is 0.333. The summed E-state index contributed by atoms with van der Waals surface area (Å²) >= 11 is 0. The lowest BCUT2D eigenvalue weighted by atomic mass is 10.0. The fourth-order valence-corrected chi connectivity index (χ4v) is 2.36. The van der Waals surface area contributed by atoms with Crippen molar-refractivity contribution in [3.05, 3.63) is 59.2 Å². The first-order chi connectivity index (χ1) is 10.1. The monoisotopic (exact) mass is 285 g/mol. The van der Waals surface area contributed by atoms with Gasteiger partial charge in [0, 0.05) is 0 Å². The Morgan fingerprint density at radius 2 is 1.67 bits per heavy atom. The Hall–Kier alpha value is -2.00. The van der Waals surface area contributed by atoms with Crippen molar-refractivity contribution in [2.75, 3.05) is 13.2 Å². The van der Waals surface area contributed by atoms with Gasteiger partial charge in [-0.25, -0.2) is 0 Å². The molecule has 0 radical (unpaired) electrons. The van der Waals surface area contributed by atoms with E-state index in [-0.39, 0.29) is 6.04 Å². The van der Waals surface area contributed by atoms with E-state index in [1.807, 2.05) is 31.2 Å². The lowest BCUT2D eigenvalue weighted by Crippen LogP contribution is -2.20. The number of hydrogen-bond acceptors (Lipinski definition) is 3. The standard InChI is InChI=1S/C18H23NO2/c1-4-20-17-7-5-6-8-18(17)21-12-16(19)15-10-9-13(2)11-14(15)3/h5-11,16H,4,12,19H2,1-3H3. The van der Waals surface area contributed by atoms with Gasteiger partial charge in [0.15, 0.2) is 11.5 Å². The minimum Gasteiger partial charge on any atom is -0.490 e. The summed E-state index contributed by atoms with van der Waals surface area (Å²) in [5.41, 5.74) is 9.81. The first-order valence-corrected chi connectivity index (χ1v) is 7.29. The van der Waals surface area contributed by atoms with Crippen molar-refractivity contribution in [3.8, 4) is 11.5 Å². The van der Waals surface area contributed by atoms with E-state index in [9.17, 15) is 0 Å². The molecular formula is C18H23NO2. The van der Waals surface area contributed by atoms with Gasteiger partial charge in [-0.3, -0.25) is 0 Å². The SMILES string of the molecule is CCOc1ccccc1OCC(N)c1ccc(C)cc1C. The summed E-state index contributed by atoms with van der Waals surface area (Å²) in [6.07, 6.45) is 0. The minimum atomic E-state index is -0.153.